The summed E-state index contributed by atoms with van der Waals surface area (Å²) in [6.07, 6.45) is -5.92. The molecule has 6 nitrogen and oxygen atoms in total. The molecule has 1 amide bonds. The number of aliphatic hydroxyl groups excluding tert-OH is 1. The molecule has 4 aromatic rings. The van der Waals surface area contributed by atoms with Gasteiger partial charge < -0.3 is 15.7 Å². The molecule has 3 N–H and O–H groups in total. The second kappa shape index (κ2) is 9.91. The average Bonchev–Trinajstić information content (AvgIpc) is 3.33. The lowest BCUT2D eigenvalue weighted by molar-refractivity contribution is -0.173. The van der Waals surface area contributed by atoms with Gasteiger partial charge in [-0.05, 0) is 29.3 Å². The topological polar surface area (TPSA) is 79.2 Å². The second-order valence-electron chi connectivity index (χ2n) is 8.76. The molecule has 0 aliphatic carbocycles. The molecule has 3 atom stereocenters. The number of nitrogens with zero attached hydrogens (tertiary/aromatic N) is 2. The van der Waals surface area contributed by atoms with E-state index >= 15 is 0 Å². The highest BCUT2D eigenvalue weighted by molar-refractivity contribution is 6.30. The summed E-state index contributed by atoms with van der Waals surface area (Å²) in [5, 5.41) is 21.0. The summed E-state index contributed by atoms with van der Waals surface area (Å²) in [6.45, 7) is 0. The molecule has 0 spiro atoms. The highest BCUT2D eigenvalue weighted by Crippen LogP contribution is 2.43. The third kappa shape index (κ3) is 5.19. The predicted octanol–water partition coefficient (Wildman–Crippen LogP) is 6.53. The van der Waals surface area contributed by atoms with Crippen LogP contribution in [0, 0.1) is 0 Å². The lowest BCUT2D eigenvalue weighted by Crippen LogP contribution is -2.35. The summed E-state index contributed by atoms with van der Waals surface area (Å²) < 4.78 is 42.7. The molecular weight excluding hydrogens is 505 g/mol. The molecule has 5 rings (SSSR count). The fourth-order valence-electron chi connectivity index (χ4n) is 4.46. The molecular formula is C27H22ClF3N4O2. The number of amides is 1. The molecule has 0 bridgehead atoms. The molecule has 1 aliphatic rings. The summed E-state index contributed by atoms with van der Waals surface area (Å²) >= 11 is 6.14. The van der Waals surface area contributed by atoms with Crippen molar-refractivity contribution >= 4 is 29.0 Å². The van der Waals surface area contributed by atoms with Crippen molar-refractivity contribution in [3.8, 4) is 0 Å². The molecule has 0 saturated heterocycles. The van der Waals surface area contributed by atoms with E-state index in [-0.39, 0.29) is 23.6 Å². The van der Waals surface area contributed by atoms with Crippen molar-refractivity contribution in [2.45, 2.75) is 30.8 Å². The highest BCUT2D eigenvalue weighted by Gasteiger charge is 2.46. The molecule has 0 radical (unpaired) electrons. The van der Waals surface area contributed by atoms with Crippen LogP contribution in [-0.2, 0) is 0 Å². The first-order valence-corrected chi connectivity index (χ1v) is 11.9. The number of anilines is 2. The number of halogens is 4. The van der Waals surface area contributed by atoms with Crippen LogP contribution in [0.3, 0.4) is 0 Å². The number of carbonyl (C=O) groups is 1. The van der Waals surface area contributed by atoms with Gasteiger partial charge in [-0.15, -0.1) is 0 Å². The Balaban J connectivity index is 1.45. The van der Waals surface area contributed by atoms with Gasteiger partial charge in [-0.25, -0.2) is 4.68 Å². The Morgan fingerprint density at radius 3 is 2.41 bits per heavy atom. The van der Waals surface area contributed by atoms with Crippen molar-refractivity contribution in [3.63, 3.8) is 0 Å². The number of rotatable bonds is 5. The maximum Gasteiger partial charge on any atom is 0.410 e. The van der Waals surface area contributed by atoms with E-state index in [9.17, 15) is 23.1 Å². The van der Waals surface area contributed by atoms with Crippen LogP contribution in [-0.4, -0.2) is 27.0 Å². The van der Waals surface area contributed by atoms with Gasteiger partial charge >= 0.3 is 6.18 Å². The first kappa shape index (κ1) is 24.9. The van der Waals surface area contributed by atoms with Crippen LogP contribution in [0.5, 0.6) is 0 Å². The first-order chi connectivity index (χ1) is 17.7. The summed E-state index contributed by atoms with van der Waals surface area (Å²) in [4.78, 5) is 13.1. The lowest BCUT2D eigenvalue weighted by atomic mass is 9.97. The van der Waals surface area contributed by atoms with Gasteiger partial charge in [0, 0.05) is 28.8 Å². The number of hydrogen-bond acceptors (Lipinski definition) is 4. The van der Waals surface area contributed by atoms with Crippen molar-refractivity contribution in [2.24, 2.45) is 0 Å². The molecule has 0 fully saturated rings. The Kier molecular flexibility index (Phi) is 6.66. The van der Waals surface area contributed by atoms with E-state index in [0.29, 0.717) is 21.7 Å². The van der Waals surface area contributed by atoms with Gasteiger partial charge in [-0.2, -0.15) is 18.3 Å². The van der Waals surface area contributed by atoms with Gasteiger partial charge in [0.15, 0.2) is 11.7 Å². The number of alkyl halides is 3. The molecule has 1 aliphatic heterocycles. The Labute approximate surface area is 215 Å². The molecule has 0 unspecified atom stereocenters. The largest absolute Gasteiger partial charge is 0.410 e. The SMILES string of the molecule is O=C(Nc1ccc(Cl)cc1[C@H](O)c1ccccc1)c1cc2n(n1)[C@@H](C(F)(F)F)C[C@H](c1ccccc1)N2. The number of benzene rings is 3. The predicted molar refractivity (Wildman–Crippen MR) is 135 cm³/mol. The fourth-order valence-corrected chi connectivity index (χ4v) is 4.64. The van der Waals surface area contributed by atoms with Gasteiger partial charge in [0.05, 0.1) is 6.04 Å². The third-order valence-electron chi connectivity index (χ3n) is 6.30. The summed E-state index contributed by atoms with van der Waals surface area (Å²) in [5.74, 6) is -0.627. The number of nitrogens with one attached hydrogen (secondary N) is 2. The van der Waals surface area contributed by atoms with Crippen LogP contribution >= 0.6 is 11.6 Å². The number of aliphatic hydroxyl groups is 1. The minimum atomic E-state index is -4.56. The van der Waals surface area contributed by atoms with Gasteiger partial charge in [0.25, 0.3) is 5.91 Å². The third-order valence-corrected chi connectivity index (χ3v) is 6.53. The lowest BCUT2D eigenvalue weighted by Gasteiger charge is -2.33. The van der Waals surface area contributed by atoms with Crippen molar-refractivity contribution in [3.05, 3.63) is 112 Å². The summed E-state index contributed by atoms with van der Waals surface area (Å²) in [5.41, 5.74) is 1.70. The van der Waals surface area contributed by atoms with Crippen LogP contribution in [0.1, 0.15) is 51.8 Å². The maximum absolute atomic E-state index is 14.0. The van der Waals surface area contributed by atoms with E-state index in [0.717, 1.165) is 4.68 Å². The quantitative estimate of drug-likeness (QED) is 0.276. The molecule has 3 aromatic carbocycles. The smallest absolute Gasteiger partial charge is 0.384 e. The Hall–Kier alpha value is -3.82. The van der Waals surface area contributed by atoms with Crippen molar-refractivity contribution in [1.29, 1.82) is 0 Å². The number of fused-ring (bicyclic) bond motifs is 1. The van der Waals surface area contributed by atoms with Gasteiger partial charge in [-0.3, -0.25) is 4.79 Å². The van der Waals surface area contributed by atoms with Crippen LogP contribution < -0.4 is 10.6 Å². The summed E-state index contributed by atoms with van der Waals surface area (Å²) in [7, 11) is 0. The van der Waals surface area contributed by atoms with Gasteiger partial charge in [-0.1, -0.05) is 72.3 Å². The standard InChI is InChI=1S/C27H22ClF3N4O2/c28-18-11-12-20(19(13-18)25(36)17-9-5-2-6-10-17)33-26(37)22-15-24-32-21(16-7-3-1-4-8-16)14-23(27(29,30)31)35(24)34-22/h1-13,15,21,23,25,32,36H,14H2,(H,33,37)/t21-,23-,25-/m1/s1. The molecule has 10 heteroatoms. The zero-order valence-corrected chi connectivity index (χ0v) is 20.0. The zero-order valence-electron chi connectivity index (χ0n) is 19.3. The zero-order chi connectivity index (χ0) is 26.2. The number of aromatic nitrogens is 2. The Morgan fingerprint density at radius 1 is 1.05 bits per heavy atom. The van der Waals surface area contributed by atoms with E-state index in [1.807, 2.05) is 6.07 Å². The number of carbonyl (C=O) groups excluding carboxylic acids is 1. The maximum atomic E-state index is 14.0. The number of hydrogen-bond donors (Lipinski definition) is 3. The summed E-state index contributed by atoms with van der Waals surface area (Å²) in [6, 6.07) is 21.0. The van der Waals surface area contributed by atoms with Crippen LogP contribution in [0.25, 0.3) is 0 Å². The molecule has 1 aromatic heterocycles. The Morgan fingerprint density at radius 2 is 1.73 bits per heavy atom. The van der Waals surface area contributed by atoms with E-state index in [1.54, 1.807) is 60.7 Å². The monoisotopic (exact) mass is 526 g/mol. The minimum absolute atomic E-state index is 0.0910. The second-order valence-corrected chi connectivity index (χ2v) is 9.20. The van der Waals surface area contributed by atoms with Gasteiger partial charge in [0.1, 0.15) is 11.9 Å². The van der Waals surface area contributed by atoms with Crippen LogP contribution in [0.4, 0.5) is 24.7 Å². The fraction of sp³-hybridized carbons (Fsp3) is 0.185. The van der Waals surface area contributed by atoms with E-state index in [4.69, 9.17) is 11.6 Å². The van der Waals surface area contributed by atoms with Crippen LogP contribution in [0.15, 0.2) is 84.9 Å². The molecule has 2 heterocycles. The average molecular weight is 527 g/mol. The van der Waals surface area contributed by atoms with Crippen molar-refractivity contribution in [1.82, 2.24) is 9.78 Å². The highest BCUT2D eigenvalue weighted by atomic mass is 35.5. The van der Waals surface area contributed by atoms with Gasteiger partial charge in [0.2, 0.25) is 0 Å². The first-order valence-electron chi connectivity index (χ1n) is 11.5. The van der Waals surface area contributed by atoms with E-state index in [2.05, 4.69) is 15.7 Å². The molecule has 37 heavy (non-hydrogen) atoms. The Bertz CT molecular complexity index is 1410. The minimum Gasteiger partial charge on any atom is -0.384 e. The van der Waals surface area contributed by atoms with Crippen molar-refractivity contribution < 1.29 is 23.1 Å². The molecule has 190 valence electrons. The van der Waals surface area contributed by atoms with Crippen molar-refractivity contribution in [2.75, 3.05) is 10.6 Å². The van der Waals surface area contributed by atoms with E-state index < -0.39 is 30.3 Å². The molecule has 0 saturated carbocycles. The normalized spacial score (nSPS) is 18.0. The van der Waals surface area contributed by atoms with E-state index in [1.165, 1.54) is 18.2 Å². The van der Waals surface area contributed by atoms with Crippen LogP contribution in [0.2, 0.25) is 5.02 Å².